The minimum Gasteiger partial charge on any atom is -0.483 e. The zero-order chi connectivity index (χ0) is 15.9. The predicted octanol–water partition coefficient (Wildman–Crippen LogP) is 3.15. The zero-order valence-electron chi connectivity index (χ0n) is 11.4. The smallest absolute Gasteiger partial charge is 0.262 e. The van der Waals surface area contributed by atoms with E-state index < -0.39 is 0 Å². The van der Waals surface area contributed by atoms with Gasteiger partial charge >= 0.3 is 0 Å². The van der Waals surface area contributed by atoms with Crippen LogP contribution < -0.4 is 10.1 Å². The van der Waals surface area contributed by atoms with Crippen molar-refractivity contribution in [3.05, 3.63) is 58.1 Å². The van der Waals surface area contributed by atoms with Crippen molar-refractivity contribution in [3.8, 4) is 11.8 Å². The highest BCUT2D eigenvalue weighted by atomic mass is 79.9. The molecule has 0 fully saturated rings. The number of benzene rings is 2. The molecule has 2 aromatic rings. The van der Waals surface area contributed by atoms with Crippen LogP contribution in [0, 0.1) is 11.3 Å². The van der Waals surface area contributed by atoms with Crippen molar-refractivity contribution in [1.82, 2.24) is 0 Å². The second-order valence-corrected chi connectivity index (χ2v) is 5.24. The third kappa shape index (κ3) is 4.17. The van der Waals surface area contributed by atoms with Gasteiger partial charge in [0.2, 0.25) is 0 Å². The largest absolute Gasteiger partial charge is 0.483 e. The van der Waals surface area contributed by atoms with E-state index >= 15 is 0 Å². The summed E-state index contributed by atoms with van der Waals surface area (Å²) >= 11 is 3.26. The Hall–Kier alpha value is -2.65. The summed E-state index contributed by atoms with van der Waals surface area (Å²) in [6, 6.07) is 13.4. The summed E-state index contributed by atoms with van der Waals surface area (Å²) in [5, 5.41) is 11.3. The van der Waals surface area contributed by atoms with Crippen molar-refractivity contribution in [2.45, 2.75) is 0 Å². The van der Waals surface area contributed by atoms with E-state index in [9.17, 15) is 9.59 Å². The van der Waals surface area contributed by atoms with Crippen molar-refractivity contribution in [2.75, 3.05) is 11.9 Å². The fraction of sp³-hybridized carbons (Fsp3) is 0.0625. The van der Waals surface area contributed by atoms with Gasteiger partial charge in [-0.25, -0.2) is 0 Å². The minimum absolute atomic E-state index is 0.220. The molecule has 2 aromatic carbocycles. The van der Waals surface area contributed by atoms with E-state index in [0.29, 0.717) is 28.8 Å². The van der Waals surface area contributed by atoms with Gasteiger partial charge < -0.3 is 10.1 Å². The SMILES string of the molecule is N#Cc1ccc(NC(=O)COc2ccc(Br)cc2C=O)cc1. The Morgan fingerprint density at radius 2 is 2.00 bits per heavy atom. The average molecular weight is 359 g/mol. The molecule has 110 valence electrons. The maximum Gasteiger partial charge on any atom is 0.262 e. The molecule has 0 aromatic heterocycles. The third-order valence-electron chi connectivity index (χ3n) is 2.76. The molecular formula is C16H11BrN2O3. The lowest BCUT2D eigenvalue weighted by molar-refractivity contribution is -0.118. The van der Waals surface area contributed by atoms with Crippen LogP contribution in [0.25, 0.3) is 0 Å². The van der Waals surface area contributed by atoms with Crippen LogP contribution in [0.5, 0.6) is 5.75 Å². The predicted molar refractivity (Wildman–Crippen MR) is 84.8 cm³/mol. The standard InChI is InChI=1S/C16H11BrN2O3/c17-13-3-6-15(12(7-13)9-20)22-10-16(21)19-14-4-1-11(8-18)2-5-14/h1-7,9H,10H2,(H,19,21). The number of carbonyl (C=O) groups is 2. The number of anilines is 1. The van der Waals surface area contributed by atoms with E-state index in [-0.39, 0.29) is 12.5 Å². The number of halogens is 1. The Morgan fingerprint density at radius 3 is 2.64 bits per heavy atom. The van der Waals surface area contributed by atoms with Crippen molar-refractivity contribution >= 4 is 33.8 Å². The Kier molecular flexibility index (Phi) is 5.28. The number of ether oxygens (including phenoxy) is 1. The number of rotatable bonds is 5. The number of aldehydes is 1. The molecule has 0 spiro atoms. The van der Waals surface area contributed by atoms with Crippen LogP contribution in [0.15, 0.2) is 46.9 Å². The van der Waals surface area contributed by atoms with Crippen molar-refractivity contribution < 1.29 is 14.3 Å². The molecule has 6 heteroatoms. The van der Waals surface area contributed by atoms with Gasteiger partial charge in [-0.1, -0.05) is 15.9 Å². The van der Waals surface area contributed by atoms with E-state index in [2.05, 4.69) is 21.2 Å². The van der Waals surface area contributed by atoms with Crippen LogP contribution in [0.3, 0.4) is 0 Å². The number of carbonyl (C=O) groups excluding carboxylic acids is 2. The van der Waals surface area contributed by atoms with Crippen molar-refractivity contribution in [1.29, 1.82) is 5.26 Å². The summed E-state index contributed by atoms with van der Waals surface area (Å²) in [5.74, 6) is -0.0161. The van der Waals surface area contributed by atoms with Crippen LogP contribution in [0.4, 0.5) is 5.69 Å². The molecule has 0 saturated carbocycles. The first-order chi connectivity index (χ1) is 10.6. The molecule has 2 rings (SSSR count). The van der Waals surface area contributed by atoms with Gasteiger partial charge in [0.25, 0.3) is 5.91 Å². The second-order valence-electron chi connectivity index (χ2n) is 4.33. The topological polar surface area (TPSA) is 79.2 Å². The highest BCUT2D eigenvalue weighted by molar-refractivity contribution is 9.10. The molecule has 22 heavy (non-hydrogen) atoms. The average Bonchev–Trinajstić information content (AvgIpc) is 2.54. The summed E-state index contributed by atoms with van der Waals surface area (Å²) in [4.78, 5) is 22.8. The first-order valence-electron chi connectivity index (χ1n) is 6.30. The molecule has 0 bridgehead atoms. The van der Waals surface area contributed by atoms with E-state index in [1.54, 1.807) is 42.5 Å². The first-order valence-corrected chi connectivity index (χ1v) is 7.09. The van der Waals surface area contributed by atoms with Gasteiger partial charge in [0.05, 0.1) is 17.2 Å². The molecule has 0 saturated heterocycles. The fourth-order valence-corrected chi connectivity index (χ4v) is 2.09. The molecule has 0 atom stereocenters. The Labute approximate surface area is 135 Å². The molecule has 0 heterocycles. The van der Waals surface area contributed by atoms with Gasteiger partial charge in [-0.05, 0) is 42.5 Å². The quantitative estimate of drug-likeness (QED) is 0.832. The summed E-state index contributed by atoms with van der Waals surface area (Å²) in [6.45, 7) is -0.220. The molecule has 0 unspecified atom stereocenters. The van der Waals surface area contributed by atoms with E-state index in [1.165, 1.54) is 0 Å². The highest BCUT2D eigenvalue weighted by Crippen LogP contribution is 2.21. The van der Waals surface area contributed by atoms with Crippen LogP contribution in [0.1, 0.15) is 15.9 Å². The number of hydrogen-bond donors (Lipinski definition) is 1. The first kappa shape index (κ1) is 15.7. The highest BCUT2D eigenvalue weighted by Gasteiger charge is 2.07. The number of hydrogen-bond acceptors (Lipinski definition) is 4. The monoisotopic (exact) mass is 358 g/mol. The van der Waals surface area contributed by atoms with Gasteiger partial charge in [-0.15, -0.1) is 0 Å². The molecule has 1 amide bonds. The Morgan fingerprint density at radius 1 is 1.27 bits per heavy atom. The Balaban J connectivity index is 1.95. The fourth-order valence-electron chi connectivity index (χ4n) is 1.71. The van der Waals surface area contributed by atoms with Gasteiger partial charge in [0, 0.05) is 10.2 Å². The maximum absolute atomic E-state index is 11.8. The molecule has 0 aliphatic heterocycles. The van der Waals surface area contributed by atoms with Crippen LogP contribution in [-0.4, -0.2) is 18.8 Å². The third-order valence-corrected chi connectivity index (χ3v) is 3.25. The van der Waals surface area contributed by atoms with E-state index in [1.807, 2.05) is 6.07 Å². The van der Waals surface area contributed by atoms with Crippen LogP contribution >= 0.6 is 15.9 Å². The van der Waals surface area contributed by atoms with Crippen LogP contribution in [-0.2, 0) is 4.79 Å². The van der Waals surface area contributed by atoms with Gasteiger partial charge in [-0.2, -0.15) is 5.26 Å². The second kappa shape index (κ2) is 7.38. The number of nitrogens with one attached hydrogen (secondary N) is 1. The molecule has 1 N–H and O–H groups in total. The molecule has 0 aliphatic rings. The lowest BCUT2D eigenvalue weighted by Gasteiger charge is -2.09. The maximum atomic E-state index is 11.8. The van der Waals surface area contributed by atoms with E-state index in [0.717, 1.165) is 4.47 Å². The lowest BCUT2D eigenvalue weighted by atomic mass is 10.2. The van der Waals surface area contributed by atoms with Crippen molar-refractivity contribution in [3.63, 3.8) is 0 Å². The minimum atomic E-state index is -0.357. The molecule has 5 nitrogen and oxygen atoms in total. The Bertz CT molecular complexity index is 736. The van der Waals surface area contributed by atoms with Gasteiger partial charge in [-0.3, -0.25) is 9.59 Å². The number of nitriles is 1. The lowest BCUT2D eigenvalue weighted by Crippen LogP contribution is -2.20. The van der Waals surface area contributed by atoms with Crippen LogP contribution in [0.2, 0.25) is 0 Å². The number of nitrogens with zero attached hydrogens (tertiary/aromatic N) is 1. The zero-order valence-corrected chi connectivity index (χ0v) is 13.0. The number of amides is 1. The normalized spacial score (nSPS) is 9.64. The molecular weight excluding hydrogens is 348 g/mol. The molecule has 0 radical (unpaired) electrons. The summed E-state index contributed by atoms with van der Waals surface area (Å²) in [5.41, 5.74) is 1.44. The van der Waals surface area contributed by atoms with E-state index in [4.69, 9.17) is 10.00 Å². The molecule has 0 aliphatic carbocycles. The summed E-state index contributed by atoms with van der Waals surface area (Å²) in [7, 11) is 0. The summed E-state index contributed by atoms with van der Waals surface area (Å²) in [6.07, 6.45) is 0.665. The van der Waals surface area contributed by atoms with Gasteiger partial charge in [0.1, 0.15) is 5.75 Å². The van der Waals surface area contributed by atoms with Crippen molar-refractivity contribution in [2.24, 2.45) is 0 Å². The summed E-state index contributed by atoms with van der Waals surface area (Å²) < 4.78 is 6.10. The van der Waals surface area contributed by atoms with Gasteiger partial charge in [0.15, 0.2) is 12.9 Å².